The van der Waals surface area contributed by atoms with Crippen LogP contribution < -0.4 is 16.4 Å². The van der Waals surface area contributed by atoms with Crippen molar-refractivity contribution < 1.29 is 32.3 Å². The standard InChI is InChI=1S/C19H14ClF3N4O4S/c20-18(30)6-5-10(7-17(18,19(21,22)23)15(32)27-16(24)29)11-3-1-2-4-12(11)26-14(28)13-8-31-9-25-13/h1-9,30H,(H,26,28)(H3,24,27,29,32). The minimum absolute atomic E-state index is 0.0559. The van der Waals surface area contributed by atoms with Gasteiger partial charge in [0.25, 0.3) is 5.91 Å². The maximum Gasteiger partial charge on any atom is 0.408 e. The second-order valence-corrected chi connectivity index (χ2v) is 7.59. The highest BCUT2D eigenvalue weighted by atomic mass is 35.5. The predicted octanol–water partition coefficient (Wildman–Crippen LogP) is 3.35. The highest BCUT2D eigenvalue weighted by molar-refractivity contribution is 7.80. The number of hydrogen-bond donors (Lipinski definition) is 4. The Balaban J connectivity index is 2.13. The normalized spacial score (nSPS) is 22.7. The molecule has 0 spiro atoms. The number of primary amides is 1. The SMILES string of the molecule is NC(=O)NC(=S)C1(C(F)(F)F)C=C(c2ccccc2NC(=O)c2cocn2)C=CC1(O)Cl. The highest BCUT2D eigenvalue weighted by Gasteiger charge is 2.68. The summed E-state index contributed by atoms with van der Waals surface area (Å²) in [5.74, 6) is -0.673. The molecule has 32 heavy (non-hydrogen) atoms. The van der Waals surface area contributed by atoms with Gasteiger partial charge in [-0.15, -0.1) is 0 Å². The zero-order chi connectivity index (χ0) is 23.7. The van der Waals surface area contributed by atoms with Crippen LogP contribution in [0.15, 0.2) is 59.6 Å². The summed E-state index contributed by atoms with van der Waals surface area (Å²) in [6, 6.07) is 4.57. The van der Waals surface area contributed by atoms with E-state index in [1.165, 1.54) is 18.2 Å². The van der Waals surface area contributed by atoms with Crippen LogP contribution in [-0.2, 0) is 0 Å². The van der Waals surface area contributed by atoms with Crippen LogP contribution in [0.3, 0.4) is 0 Å². The van der Waals surface area contributed by atoms with E-state index in [9.17, 15) is 27.9 Å². The van der Waals surface area contributed by atoms with E-state index in [1.54, 1.807) is 11.4 Å². The summed E-state index contributed by atoms with van der Waals surface area (Å²) in [7, 11) is 0. The lowest BCUT2D eigenvalue weighted by atomic mass is 9.74. The van der Waals surface area contributed by atoms with Crippen molar-refractivity contribution in [3.63, 3.8) is 0 Å². The van der Waals surface area contributed by atoms with Crippen molar-refractivity contribution in [2.24, 2.45) is 11.1 Å². The number of aliphatic hydroxyl groups is 1. The molecule has 2 unspecified atom stereocenters. The monoisotopic (exact) mass is 486 g/mol. The molecule has 2 atom stereocenters. The van der Waals surface area contributed by atoms with E-state index >= 15 is 0 Å². The molecule has 1 aromatic carbocycles. The molecule has 3 amide bonds. The molecule has 3 rings (SSSR count). The van der Waals surface area contributed by atoms with Crippen LogP contribution in [0.1, 0.15) is 16.1 Å². The molecule has 0 radical (unpaired) electrons. The summed E-state index contributed by atoms with van der Waals surface area (Å²) >= 11 is 10.6. The molecular weight excluding hydrogens is 473 g/mol. The van der Waals surface area contributed by atoms with Crippen LogP contribution in [0.4, 0.5) is 23.7 Å². The second-order valence-electron chi connectivity index (χ2n) is 6.60. The molecule has 0 aliphatic heterocycles. The van der Waals surface area contributed by atoms with Gasteiger partial charge in [-0.2, -0.15) is 13.2 Å². The number of hydrogen-bond acceptors (Lipinski definition) is 6. The summed E-state index contributed by atoms with van der Waals surface area (Å²) < 4.78 is 47.6. The number of oxazole rings is 1. The molecule has 2 aromatic rings. The number of carbonyl (C=O) groups is 2. The van der Waals surface area contributed by atoms with E-state index in [1.807, 2.05) is 0 Å². The number of allylic oxidation sites excluding steroid dienone is 2. The van der Waals surface area contributed by atoms with E-state index in [2.05, 4.69) is 10.3 Å². The molecule has 8 nitrogen and oxygen atoms in total. The molecular formula is C19H14ClF3N4O4S. The first-order valence-electron chi connectivity index (χ1n) is 8.69. The Bertz CT molecular complexity index is 1130. The van der Waals surface area contributed by atoms with Crippen LogP contribution in [0.25, 0.3) is 5.57 Å². The number of aromatic nitrogens is 1. The Hall–Kier alpha value is -3.22. The number of thiocarbonyl (C=S) groups is 1. The summed E-state index contributed by atoms with van der Waals surface area (Å²) in [5, 5.41) is 11.6. The predicted molar refractivity (Wildman–Crippen MR) is 113 cm³/mol. The van der Waals surface area contributed by atoms with Crippen molar-refractivity contribution in [1.82, 2.24) is 10.3 Å². The zero-order valence-electron chi connectivity index (χ0n) is 15.8. The topological polar surface area (TPSA) is 130 Å². The van der Waals surface area contributed by atoms with Gasteiger partial charge < -0.3 is 25.9 Å². The van der Waals surface area contributed by atoms with Crippen LogP contribution in [0.2, 0.25) is 0 Å². The second kappa shape index (κ2) is 8.37. The van der Waals surface area contributed by atoms with Crippen molar-refractivity contribution in [3.05, 3.63) is 66.4 Å². The number of carbonyl (C=O) groups excluding carboxylic acids is 2. The van der Waals surface area contributed by atoms with Gasteiger partial charge in [0.05, 0.1) is 0 Å². The number of alkyl halides is 4. The third kappa shape index (κ3) is 4.11. The van der Waals surface area contributed by atoms with Crippen molar-refractivity contribution in [3.8, 4) is 0 Å². The number of benzene rings is 1. The molecule has 0 bridgehead atoms. The molecule has 0 saturated carbocycles. The number of urea groups is 1. The Morgan fingerprint density at radius 3 is 2.56 bits per heavy atom. The molecule has 1 aliphatic carbocycles. The Labute approximate surface area is 188 Å². The molecule has 0 fully saturated rings. The fraction of sp³-hybridized carbons (Fsp3) is 0.158. The summed E-state index contributed by atoms with van der Waals surface area (Å²) in [6.45, 7) is 0. The Morgan fingerprint density at radius 2 is 1.97 bits per heavy atom. The first-order valence-corrected chi connectivity index (χ1v) is 9.47. The van der Waals surface area contributed by atoms with Crippen molar-refractivity contribution in [2.75, 3.05) is 5.32 Å². The first kappa shape index (κ1) is 23.4. The van der Waals surface area contributed by atoms with E-state index in [4.69, 9.17) is 34.0 Å². The fourth-order valence-electron chi connectivity index (χ4n) is 3.08. The molecule has 168 valence electrons. The van der Waals surface area contributed by atoms with Crippen molar-refractivity contribution in [1.29, 1.82) is 0 Å². The third-order valence-electron chi connectivity index (χ3n) is 4.60. The first-order chi connectivity index (χ1) is 14.9. The van der Waals surface area contributed by atoms with Gasteiger partial charge >= 0.3 is 12.2 Å². The van der Waals surface area contributed by atoms with Gasteiger partial charge in [-0.25, -0.2) is 9.78 Å². The fourth-order valence-corrected chi connectivity index (χ4v) is 3.89. The van der Waals surface area contributed by atoms with E-state index in [0.29, 0.717) is 12.2 Å². The van der Waals surface area contributed by atoms with Gasteiger partial charge in [-0.3, -0.25) is 4.79 Å². The molecule has 1 heterocycles. The van der Waals surface area contributed by atoms with Gasteiger partial charge in [0.1, 0.15) is 11.3 Å². The number of nitrogens with one attached hydrogen (secondary N) is 2. The van der Waals surface area contributed by atoms with Crippen LogP contribution in [-0.4, -0.2) is 38.3 Å². The van der Waals surface area contributed by atoms with E-state index in [0.717, 1.165) is 18.7 Å². The maximum absolute atomic E-state index is 14.3. The number of nitrogens with two attached hydrogens (primary N) is 1. The van der Waals surface area contributed by atoms with E-state index in [-0.39, 0.29) is 22.5 Å². The number of para-hydroxylation sites is 1. The summed E-state index contributed by atoms with van der Waals surface area (Å²) in [6.07, 6.45) is -0.738. The molecule has 5 N–H and O–H groups in total. The van der Waals surface area contributed by atoms with Crippen molar-refractivity contribution in [2.45, 2.75) is 11.2 Å². The summed E-state index contributed by atoms with van der Waals surface area (Å²) in [5.41, 5.74) is 1.63. The largest absolute Gasteiger partial charge is 0.451 e. The molecule has 0 saturated heterocycles. The van der Waals surface area contributed by atoms with Gasteiger partial charge in [-0.05, 0) is 17.7 Å². The van der Waals surface area contributed by atoms with Crippen LogP contribution in [0.5, 0.6) is 0 Å². The smallest absolute Gasteiger partial charge is 0.408 e. The molecule has 13 heteroatoms. The highest BCUT2D eigenvalue weighted by Crippen LogP contribution is 2.54. The Morgan fingerprint density at radius 1 is 1.28 bits per heavy atom. The van der Waals surface area contributed by atoms with Gasteiger partial charge in [0, 0.05) is 11.3 Å². The van der Waals surface area contributed by atoms with Crippen LogP contribution >= 0.6 is 23.8 Å². The van der Waals surface area contributed by atoms with Gasteiger partial charge in [0.2, 0.25) is 0 Å². The molecule has 1 aromatic heterocycles. The number of rotatable bonds is 4. The Kier molecular flexibility index (Phi) is 6.13. The number of amides is 3. The lowest BCUT2D eigenvalue weighted by Crippen LogP contribution is -2.61. The third-order valence-corrected chi connectivity index (χ3v) is 5.45. The maximum atomic E-state index is 14.3. The quantitative estimate of drug-likeness (QED) is 0.387. The average Bonchev–Trinajstić information content (AvgIpc) is 3.22. The minimum Gasteiger partial charge on any atom is -0.451 e. The average molecular weight is 487 g/mol. The number of nitrogens with zero attached hydrogens (tertiary/aromatic N) is 1. The summed E-state index contributed by atoms with van der Waals surface area (Å²) in [4.78, 5) is 26.1. The lowest BCUT2D eigenvalue weighted by molar-refractivity contribution is -0.209. The van der Waals surface area contributed by atoms with Gasteiger partial charge in [-0.1, -0.05) is 54.2 Å². The van der Waals surface area contributed by atoms with Gasteiger partial charge in [0.15, 0.2) is 22.6 Å². The number of anilines is 1. The number of halogens is 4. The molecule has 1 aliphatic rings. The van der Waals surface area contributed by atoms with E-state index < -0.39 is 33.6 Å². The minimum atomic E-state index is -5.25. The van der Waals surface area contributed by atoms with Crippen molar-refractivity contribution >= 4 is 52.0 Å². The van der Waals surface area contributed by atoms with Crippen LogP contribution in [0, 0.1) is 5.41 Å². The lowest BCUT2D eigenvalue weighted by Gasteiger charge is -2.43. The zero-order valence-corrected chi connectivity index (χ0v) is 17.4.